The summed E-state index contributed by atoms with van der Waals surface area (Å²) >= 11 is 0. The van der Waals surface area contributed by atoms with Gasteiger partial charge in [-0.1, -0.05) is 12.1 Å². The lowest BCUT2D eigenvalue weighted by Crippen LogP contribution is -2.47. The average molecular weight is 334 g/mol. The first kappa shape index (κ1) is 17.4. The SMILES string of the molecule is COCCN1C(=O)CC[C@@]12CCCN(Cc1ccc(F)cc1)CC2. The summed E-state index contributed by atoms with van der Waals surface area (Å²) in [6.45, 7) is 4.17. The van der Waals surface area contributed by atoms with Crippen molar-refractivity contribution < 1.29 is 13.9 Å². The van der Waals surface area contributed by atoms with Gasteiger partial charge in [-0.15, -0.1) is 0 Å². The molecule has 2 heterocycles. The van der Waals surface area contributed by atoms with Gasteiger partial charge in [0, 0.05) is 38.7 Å². The molecule has 0 radical (unpaired) electrons. The van der Waals surface area contributed by atoms with Crippen LogP contribution in [0.5, 0.6) is 0 Å². The molecule has 24 heavy (non-hydrogen) atoms. The van der Waals surface area contributed by atoms with Crippen molar-refractivity contribution in [2.75, 3.05) is 33.4 Å². The quantitative estimate of drug-likeness (QED) is 0.830. The zero-order chi connectivity index (χ0) is 17.0. The molecule has 3 rings (SSSR count). The lowest BCUT2D eigenvalue weighted by atomic mass is 9.88. The predicted molar refractivity (Wildman–Crippen MR) is 91.1 cm³/mol. The third-order valence-electron chi connectivity index (χ3n) is 5.53. The Morgan fingerprint density at radius 2 is 1.96 bits per heavy atom. The van der Waals surface area contributed by atoms with Crippen molar-refractivity contribution in [3.63, 3.8) is 0 Å². The summed E-state index contributed by atoms with van der Waals surface area (Å²) in [6.07, 6.45) is 4.82. The number of carbonyl (C=O) groups excluding carboxylic acids is 1. The van der Waals surface area contributed by atoms with Crippen molar-refractivity contribution in [1.82, 2.24) is 9.80 Å². The van der Waals surface area contributed by atoms with E-state index in [4.69, 9.17) is 4.74 Å². The highest BCUT2D eigenvalue weighted by molar-refractivity contribution is 5.79. The van der Waals surface area contributed by atoms with Gasteiger partial charge < -0.3 is 9.64 Å². The molecule has 1 atom stereocenters. The number of hydrogen-bond acceptors (Lipinski definition) is 3. The van der Waals surface area contributed by atoms with Crippen LogP contribution >= 0.6 is 0 Å². The molecule has 4 nitrogen and oxygen atoms in total. The fourth-order valence-corrected chi connectivity index (χ4v) is 4.18. The maximum Gasteiger partial charge on any atom is 0.223 e. The molecule has 0 bridgehead atoms. The number of nitrogens with zero attached hydrogens (tertiary/aromatic N) is 2. The van der Waals surface area contributed by atoms with Gasteiger partial charge in [0.05, 0.1) is 6.61 Å². The third-order valence-corrected chi connectivity index (χ3v) is 5.53. The van der Waals surface area contributed by atoms with Crippen LogP contribution in [0.15, 0.2) is 24.3 Å². The molecule has 0 unspecified atom stereocenters. The second kappa shape index (κ2) is 7.62. The topological polar surface area (TPSA) is 32.8 Å². The lowest BCUT2D eigenvalue weighted by Gasteiger charge is -2.38. The summed E-state index contributed by atoms with van der Waals surface area (Å²) in [6, 6.07) is 6.77. The Bertz CT molecular complexity index is 563. The number of rotatable bonds is 5. The highest BCUT2D eigenvalue weighted by Gasteiger charge is 2.45. The second-order valence-electron chi connectivity index (χ2n) is 7.02. The average Bonchev–Trinajstić information content (AvgIpc) is 2.75. The smallest absolute Gasteiger partial charge is 0.223 e. The fourth-order valence-electron chi connectivity index (χ4n) is 4.18. The fraction of sp³-hybridized carbons (Fsp3) is 0.632. The van der Waals surface area contributed by atoms with Gasteiger partial charge in [0.15, 0.2) is 0 Å². The van der Waals surface area contributed by atoms with E-state index >= 15 is 0 Å². The Balaban J connectivity index is 1.63. The van der Waals surface area contributed by atoms with Crippen LogP contribution in [0.25, 0.3) is 0 Å². The molecule has 0 saturated carbocycles. The second-order valence-corrected chi connectivity index (χ2v) is 7.02. The van der Waals surface area contributed by atoms with E-state index in [1.807, 2.05) is 12.1 Å². The van der Waals surface area contributed by atoms with Crippen LogP contribution in [0.1, 0.15) is 37.7 Å². The first-order valence-corrected chi connectivity index (χ1v) is 8.89. The Morgan fingerprint density at radius 1 is 1.17 bits per heavy atom. The number of amides is 1. The van der Waals surface area contributed by atoms with Crippen molar-refractivity contribution in [3.05, 3.63) is 35.6 Å². The zero-order valence-electron chi connectivity index (χ0n) is 14.5. The van der Waals surface area contributed by atoms with Crippen LogP contribution in [0.2, 0.25) is 0 Å². The van der Waals surface area contributed by atoms with Crippen LogP contribution in [0.4, 0.5) is 4.39 Å². The molecule has 1 aromatic carbocycles. The van der Waals surface area contributed by atoms with E-state index in [9.17, 15) is 9.18 Å². The van der Waals surface area contributed by atoms with Gasteiger partial charge in [0.25, 0.3) is 0 Å². The Labute approximate surface area is 143 Å². The summed E-state index contributed by atoms with van der Waals surface area (Å²) in [5, 5.41) is 0. The molecular formula is C19H27FN2O2. The first-order chi connectivity index (χ1) is 11.6. The van der Waals surface area contributed by atoms with Crippen LogP contribution in [-0.4, -0.2) is 54.6 Å². The molecule has 0 aliphatic carbocycles. The molecule has 2 saturated heterocycles. The van der Waals surface area contributed by atoms with Gasteiger partial charge >= 0.3 is 0 Å². The number of methoxy groups -OCH3 is 1. The number of ether oxygens (including phenoxy) is 1. The molecule has 1 aromatic rings. The maximum absolute atomic E-state index is 13.1. The Morgan fingerprint density at radius 3 is 2.71 bits per heavy atom. The minimum absolute atomic E-state index is 0.0210. The van der Waals surface area contributed by atoms with Crippen molar-refractivity contribution in [3.8, 4) is 0 Å². The number of carbonyl (C=O) groups is 1. The zero-order valence-corrected chi connectivity index (χ0v) is 14.5. The van der Waals surface area contributed by atoms with E-state index in [-0.39, 0.29) is 17.3 Å². The van der Waals surface area contributed by atoms with Gasteiger partial charge in [-0.05, 0) is 49.9 Å². The van der Waals surface area contributed by atoms with E-state index in [1.54, 1.807) is 7.11 Å². The van der Waals surface area contributed by atoms with Crippen LogP contribution in [-0.2, 0) is 16.1 Å². The number of hydrogen-bond donors (Lipinski definition) is 0. The van der Waals surface area contributed by atoms with Gasteiger partial charge in [-0.25, -0.2) is 4.39 Å². The number of halogens is 1. The minimum Gasteiger partial charge on any atom is -0.383 e. The van der Waals surface area contributed by atoms with E-state index in [0.29, 0.717) is 19.6 Å². The normalized spacial score (nSPS) is 25.4. The van der Waals surface area contributed by atoms with Crippen LogP contribution in [0.3, 0.4) is 0 Å². The van der Waals surface area contributed by atoms with Crippen LogP contribution in [0, 0.1) is 5.82 Å². The Kier molecular flexibility index (Phi) is 5.51. The lowest BCUT2D eigenvalue weighted by molar-refractivity contribution is -0.132. The molecule has 0 N–H and O–H groups in total. The van der Waals surface area contributed by atoms with Gasteiger partial charge in [-0.3, -0.25) is 9.69 Å². The standard InChI is InChI=1S/C19H27FN2O2/c1-24-14-13-22-18(23)7-9-19(22)8-2-11-21(12-10-19)15-16-3-5-17(20)6-4-16/h3-6H,2,7-15H2,1H3/t19-/m1/s1. The summed E-state index contributed by atoms with van der Waals surface area (Å²) < 4.78 is 18.2. The van der Waals surface area contributed by atoms with Crippen molar-refractivity contribution in [2.45, 2.75) is 44.2 Å². The van der Waals surface area contributed by atoms with Crippen molar-refractivity contribution >= 4 is 5.91 Å². The van der Waals surface area contributed by atoms with Crippen LogP contribution < -0.4 is 0 Å². The molecule has 0 aromatic heterocycles. The predicted octanol–water partition coefficient (Wildman–Crippen LogP) is 2.82. The maximum atomic E-state index is 13.1. The van der Waals surface area contributed by atoms with Crippen molar-refractivity contribution in [2.24, 2.45) is 0 Å². The number of benzene rings is 1. The summed E-state index contributed by atoms with van der Waals surface area (Å²) in [5.41, 5.74) is 1.17. The van der Waals surface area contributed by atoms with Gasteiger partial charge in [-0.2, -0.15) is 0 Å². The van der Waals surface area contributed by atoms with Crippen molar-refractivity contribution in [1.29, 1.82) is 0 Å². The summed E-state index contributed by atoms with van der Waals surface area (Å²) in [5.74, 6) is 0.0888. The molecule has 5 heteroatoms. The molecule has 1 amide bonds. The first-order valence-electron chi connectivity index (χ1n) is 8.89. The van der Waals surface area contributed by atoms with E-state index < -0.39 is 0 Å². The molecular weight excluding hydrogens is 307 g/mol. The number of likely N-dealkylation sites (tertiary alicyclic amines) is 2. The highest BCUT2D eigenvalue weighted by atomic mass is 19.1. The van der Waals surface area contributed by atoms with E-state index in [2.05, 4.69) is 9.80 Å². The molecule has 1 spiro atoms. The monoisotopic (exact) mass is 334 g/mol. The largest absolute Gasteiger partial charge is 0.383 e. The van der Waals surface area contributed by atoms with E-state index in [1.165, 1.54) is 12.1 Å². The summed E-state index contributed by atoms with van der Waals surface area (Å²) in [4.78, 5) is 16.8. The van der Waals surface area contributed by atoms with Gasteiger partial charge in [0.1, 0.15) is 5.82 Å². The molecule has 2 aliphatic rings. The Hall–Kier alpha value is -1.46. The van der Waals surface area contributed by atoms with E-state index in [0.717, 1.165) is 50.9 Å². The van der Waals surface area contributed by atoms with Gasteiger partial charge in [0.2, 0.25) is 5.91 Å². The highest BCUT2D eigenvalue weighted by Crippen LogP contribution is 2.39. The minimum atomic E-state index is -0.188. The third kappa shape index (κ3) is 3.78. The summed E-state index contributed by atoms with van der Waals surface area (Å²) in [7, 11) is 1.69. The molecule has 2 aliphatic heterocycles. The molecule has 2 fully saturated rings. The molecule has 132 valence electrons.